The molecule has 0 saturated carbocycles. The van der Waals surface area contributed by atoms with Gasteiger partial charge in [-0.3, -0.25) is 24.0 Å². The summed E-state index contributed by atoms with van der Waals surface area (Å²) in [5.41, 5.74) is 5.78. The number of phenols is 2. The number of ether oxygens (including phenoxy) is 2. The Morgan fingerprint density at radius 2 is 1.07 bits per heavy atom. The van der Waals surface area contributed by atoms with Crippen molar-refractivity contribution in [3.05, 3.63) is 190 Å². The number of ketones is 1. The van der Waals surface area contributed by atoms with Crippen molar-refractivity contribution in [1.29, 1.82) is 0 Å². The number of phenolic OH excluding ortho intramolecular Hbond substituents is 2. The Hall–Kier alpha value is -8.30. The lowest BCUT2D eigenvalue weighted by Gasteiger charge is -2.07. The van der Waals surface area contributed by atoms with E-state index in [2.05, 4.69) is 18.1 Å². The molecule has 9 aromatic rings. The van der Waals surface area contributed by atoms with Crippen molar-refractivity contribution in [3.8, 4) is 33.6 Å². The lowest BCUT2D eigenvalue weighted by atomic mass is 10.0. The zero-order valence-electron chi connectivity index (χ0n) is 39.9. The molecule has 5 heterocycles. The van der Waals surface area contributed by atoms with E-state index >= 15 is 0 Å². The van der Waals surface area contributed by atoms with Crippen LogP contribution in [0, 0.1) is 48.5 Å². The maximum Gasteiger partial charge on any atom is 0.203 e. The van der Waals surface area contributed by atoms with Gasteiger partial charge in [-0.1, -0.05) is 25.3 Å². The largest absolute Gasteiger partial charge is 0.508 e. The van der Waals surface area contributed by atoms with Crippen LogP contribution in [0.15, 0.2) is 141 Å². The molecule has 360 valence electrons. The zero-order valence-corrected chi connectivity index (χ0v) is 40.8. The summed E-state index contributed by atoms with van der Waals surface area (Å²) in [6, 6.07) is 17.3. The van der Waals surface area contributed by atoms with Crippen LogP contribution in [-0.2, 0) is 11.2 Å². The number of hydrogen-bond acceptors (Lipinski definition) is 15. The number of Topliss-reactive ketones (excluding diaryl/α,β-unsaturated/α-hetero) is 1. The van der Waals surface area contributed by atoms with Crippen molar-refractivity contribution < 1.29 is 42.1 Å². The van der Waals surface area contributed by atoms with Crippen molar-refractivity contribution >= 4 is 61.0 Å². The normalized spacial score (nSPS) is 10.7. The van der Waals surface area contributed by atoms with Crippen LogP contribution in [0.25, 0.3) is 54.4 Å². The molecule has 0 saturated heterocycles. The Labute approximate surface area is 405 Å². The smallest absolute Gasteiger partial charge is 0.203 e. The minimum atomic E-state index is -0.194. The molecule has 0 fully saturated rings. The quantitative estimate of drug-likeness (QED) is 0.129. The fourth-order valence-corrected chi connectivity index (χ4v) is 8.37. The minimum Gasteiger partial charge on any atom is -0.508 e. The van der Waals surface area contributed by atoms with Crippen LogP contribution >= 0.6 is 11.3 Å². The first-order valence-electron chi connectivity index (χ1n) is 21.8. The van der Waals surface area contributed by atoms with Gasteiger partial charge in [0, 0.05) is 60.0 Å². The molecule has 4 aromatic carbocycles. The zero-order chi connectivity index (χ0) is 51.0. The number of aromatic hydroxyl groups is 2. The average molecular weight is 966 g/mol. The number of aromatic nitrogens is 1. The number of hydrogen-bond donors (Lipinski definition) is 2. The molecule has 0 aliphatic carbocycles. The minimum absolute atomic E-state index is 0.0116. The van der Waals surface area contributed by atoms with Gasteiger partial charge < -0.3 is 37.4 Å². The van der Waals surface area contributed by atoms with Gasteiger partial charge in [0.25, 0.3) is 0 Å². The summed E-state index contributed by atoms with van der Waals surface area (Å²) in [7, 11) is 0. The van der Waals surface area contributed by atoms with E-state index in [1.54, 1.807) is 58.0 Å². The molecule has 0 spiro atoms. The van der Waals surface area contributed by atoms with Crippen molar-refractivity contribution in [2.45, 2.75) is 61.8 Å². The summed E-state index contributed by atoms with van der Waals surface area (Å²) in [6.07, 6.45) is 4.92. The Balaban J connectivity index is 0.000000155. The highest BCUT2D eigenvalue weighted by Crippen LogP contribution is 2.29. The predicted molar refractivity (Wildman–Crippen MR) is 273 cm³/mol. The molecule has 0 amide bonds. The Morgan fingerprint density at radius 1 is 0.614 bits per heavy atom. The molecule has 0 aliphatic heterocycles. The number of nitrogens with zero attached hydrogens (tertiary/aromatic N) is 1. The van der Waals surface area contributed by atoms with Gasteiger partial charge in [0.1, 0.15) is 92.9 Å². The maximum atomic E-state index is 12.7. The average Bonchev–Trinajstić information content (AvgIpc) is 3.69. The molecule has 0 aliphatic rings. The predicted octanol–water partition coefficient (Wildman–Crippen LogP) is 11.1. The number of carbonyl (C=O) groups is 1. The second kappa shape index (κ2) is 22.2. The molecule has 9 rings (SSSR count). The van der Waals surface area contributed by atoms with Crippen LogP contribution in [0.3, 0.4) is 0 Å². The fourth-order valence-electron chi connectivity index (χ4n) is 7.58. The molecule has 15 heteroatoms. The van der Waals surface area contributed by atoms with Gasteiger partial charge in [-0.25, -0.2) is 4.98 Å². The summed E-state index contributed by atoms with van der Waals surface area (Å²) in [5.74, 6) is 3.00. The Bertz CT molecular complexity index is 3690. The third-order valence-electron chi connectivity index (χ3n) is 10.4. The van der Waals surface area contributed by atoms with Gasteiger partial charge in [-0.05, 0) is 102 Å². The van der Waals surface area contributed by atoms with E-state index < -0.39 is 0 Å². The highest BCUT2D eigenvalue weighted by molar-refractivity contribution is 7.13. The van der Waals surface area contributed by atoms with Gasteiger partial charge in [-0.15, -0.1) is 11.3 Å². The monoisotopic (exact) mass is 965 g/mol. The van der Waals surface area contributed by atoms with E-state index in [1.807, 2.05) is 38.3 Å². The lowest BCUT2D eigenvalue weighted by Crippen LogP contribution is -2.06. The van der Waals surface area contributed by atoms with Crippen molar-refractivity contribution in [3.63, 3.8) is 0 Å². The van der Waals surface area contributed by atoms with Gasteiger partial charge in [0.05, 0.1) is 27.1 Å². The molecule has 0 atom stereocenters. The number of rotatable bonds is 9. The first-order chi connectivity index (χ1) is 33.3. The fraction of sp³-hybridized carbons (Fsp3) is 0.200. The van der Waals surface area contributed by atoms with Crippen LogP contribution in [0.1, 0.15) is 52.2 Å². The molecule has 0 unspecified atom stereocenters. The number of benzene rings is 4. The number of carbonyl (C=O) groups excluding carboxylic acids is 1. The van der Waals surface area contributed by atoms with E-state index in [-0.39, 0.29) is 45.4 Å². The van der Waals surface area contributed by atoms with Crippen LogP contribution in [0.5, 0.6) is 23.0 Å². The Morgan fingerprint density at radius 3 is 1.57 bits per heavy atom. The maximum absolute atomic E-state index is 12.7. The first-order valence-corrected chi connectivity index (χ1v) is 22.7. The van der Waals surface area contributed by atoms with Crippen molar-refractivity contribution in [1.82, 2.24) is 4.98 Å². The van der Waals surface area contributed by atoms with E-state index in [0.29, 0.717) is 102 Å². The standard InChI is InChI=1S/C17H15NO3S.C14H14O3.C13H12O4.C11H10O3/c1-4-5-20-12-6-10(2)15-14(7-12)21-8-13(16(15)19)17-18-11(3)9-22-17;1-4-5-16-11-6-9(2)14-12(15)7-10(3)17-13(14)8-11;1-7(14)3-9-5-10(15)6-12-13(9)11(16)4-8(2)17-12;1-6-3-8(12)5-10-11(6)9(13)4-7(2)14-10/h4,6-9H,1,5H2,2-3H3;4,6-8H,1,5H2,2-3H3;4-6,15H,3H2,1-2H3;3-5,12H,1-2H3. The highest BCUT2D eigenvalue weighted by atomic mass is 32.1. The topological polar surface area (TPSA) is 210 Å². The molecule has 0 bridgehead atoms. The van der Waals surface area contributed by atoms with Gasteiger partial charge in [-0.2, -0.15) is 0 Å². The van der Waals surface area contributed by atoms with E-state index in [9.17, 15) is 34.2 Å². The first kappa shape index (κ1) is 51.1. The highest BCUT2D eigenvalue weighted by Gasteiger charge is 2.16. The number of thiazole rings is 1. The molecule has 14 nitrogen and oxygen atoms in total. The van der Waals surface area contributed by atoms with Crippen molar-refractivity contribution in [2.24, 2.45) is 0 Å². The van der Waals surface area contributed by atoms with Crippen molar-refractivity contribution in [2.75, 3.05) is 13.2 Å². The van der Waals surface area contributed by atoms with Crippen LogP contribution in [-0.4, -0.2) is 34.2 Å². The van der Waals surface area contributed by atoms with E-state index in [0.717, 1.165) is 22.4 Å². The third kappa shape index (κ3) is 12.2. The van der Waals surface area contributed by atoms with Gasteiger partial charge in [0.15, 0.2) is 16.3 Å². The molecule has 2 N–H and O–H groups in total. The second-order valence-corrected chi connectivity index (χ2v) is 17.2. The molecular formula is C55H51NO13S. The summed E-state index contributed by atoms with van der Waals surface area (Å²) < 4.78 is 32.9. The molecule has 0 radical (unpaired) electrons. The van der Waals surface area contributed by atoms with Crippen LogP contribution in [0.4, 0.5) is 0 Å². The second-order valence-electron chi connectivity index (χ2n) is 16.4. The molecular weight excluding hydrogens is 915 g/mol. The summed E-state index contributed by atoms with van der Waals surface area (Å²) in [6.45, 7) is 22.0. The van der Waals surface area contributed by atoms with Crippen LogP contribution in [0.2, 0.25) is 0 Å². The summed E-state index contributed by atoms with van der Waals surface area (Å²) in [4.78, 5) is 63.5. The van der Waals surface area contributed by atoms with Gasteiger partial charge in [0.2, 0.25) is 5.43 Å². The number of aryl methyl sites for hydroxylation is 7. The molecule has 70 heavy (non-hydrogen) atoms. The van der Waals surface area contributed by atoms with E-state index in [4.69, 9.17) is 27.1 Å². The summed E-state index contributed by atoms with van der Waals surface area (Å²) >= 11 is 1.44. The Kier molecular flexibility index (Phi) is 16.2. The van der Waals surface area contributed by atoms with Crippen LogP contribution < -0.4 is 31.2 Å². The lowest BCUT2D eigenvalue weighted by molar-refractivity contribution is -0.116. The van der Waals surface area contributed by atoms with Gasteiger partial charge >= 0.3 is 0 Å². The third-order valence-corrected chi connectivity index (χ3v) is 11.3. The number of fused-ring (bicyclic) bond motifs is 4. The summed E-state index contributed by atoms with van der Waals surface area (Å²) in [5, 5.41) is 23.5. The van der Waals surface area contributed by atoms with E-state index in [1.165, 1.54) is 60.9 Å². The SMILES string of the molecule is C=CCOc1cc(C)c2c(=O)c(-c3nc(C)cs3)coc2c1.C=CCOc1cc(C)c2c(=O)cc(C)oc2c1.CC(=O)Cc1cc(O)cc2oc(C)cc(=O)c12.Cc1cc(=O)c2c(C)cc(O)cc2o1. The molecule has 5 aromatic heterocycles.